The third kappa shape index (κ3) is 2.62. The lowest BCUT2D eigenvalue weighted by molar-refractivity contribution is -0.519. The fraction of sp³-hybridized carbons (Fsp3) is 0. The molecule has 6 heteroatoms. The summed E-state index contributed by atoms with van der Waals surface area (Å²) in [6.45, 7) is 0. The highest BCUT2D eigenvalue weighted by Crippen LogP contribution is 1.79. The Balaban J connectivity index is 0.000001000. The van der Waals surface area contributed by atoms with Crippen LogP contribution in [-0.4, -0.2) is 18.4 Å². The van der Waals surface area contributed by atoms with Crippen LogP contribution in [0.3, 0.4) is 0 Å². The summed E-state index contributed by atoms with van der Waals surface area (Å²) >= 11 is 0. The van der Waals surface area contributed by atoms with Crippen LogP contribution < -0.4 is 3.97 Å². The van der Waals surface area contributed by atoms with Crippen molar-refractivity contribution in [3.8, 4) is 0 Å². The van der Waals surface area contributed by atoms with Crippen LogP contribution in [-0.2, 0) is 10.3 Å². The van der Waals surface area contributed by atoms with Crippen molar-refractivity contribution in [3.63, 3.8) is 0 Å². The van der Waals surface area contributed by atoms with Crippen LogP contribution in [0.15, 0.2) is 30.6 Å². The molecule has 0 aliphatic rings. The van der Waals surface area contributed by atoms with Crippen molar-refractivity contribution in [2.24, 2.45) is 0 Å². The van der Waals surface area contributed by atoms with Gasteiger partial charge in [0.2, 0.25) is 0 Å². The number of rotatable bonds is 1. The molecule has 0 aliphatic carbocycles. The molecule has 2 N–H and O–H groups in total. The van der Waals surface area contributed by atoms with Crippen molar-refractivity contribution in [3.05, 3.63) is 30.6 Å². The first-order chi connectivity index (χ1) is 4.61. The lowest BCUT2D eigenvalue weighted by Crippen LogP contribution is -2.40. The number of hydrogen-bond acceptors (Lipinski definition) is 3. The van der Waals surface area contributed by atoms with Gasteiger partial charge in [-0.1, -0.05) is 10.0 Å². The second kappa shape index (κ2) is 3.42. The molecule has 0 saturated carbocycles. The predicted molar refractivity (Wildman–Crippen MR) is 35.5 cm³/mol. The van der Waals surface area contributed by atoms with Crippen LogP contribution in [0, 0.1) is 0 Å². The topological polar surface area (TPSA) is 88.2 Å². The van der Waals surface area contributed by atoms with E-state index in [2.05, 4.69) is 0 Å². The maximum absolute atomic E-state index is 10.4. The zero-order valence-electron chi connectivity index (χ0n) is 5.45. The molecule has 11 heavy (non-hydrogen) atoms. The minimum Gasteiger partial charge on any atom is -0.870 e. The van der Waals surface area contributed by atoms with E-state index in [4.69, 9.17) is 4.55 Å². The van der Waals surface area contributed by atoms with Crippen LogP contribution in [0.1, 0.15) is 0 Å². The summed E-state index contributed by atoms with van der Waals surface area (Å²) < 4.78 is 29.8. The monoisotopic (exact) mass is 177 g/mol. The van der Waals surface area contributed by atoms with Crippen LogP contribution in [0.4, 0.5) is 0 Å². The van der Waals surface area contributed by atoms with Crippen LogP contribution in [0.2, 0.25) is 0 Å². The molecule has 62 valence electrons. The summed E-state index contributed by atoms with van der Waals surface area (Å²) in [5, 5.41) is 0. The number of hydrogen-bond donors (Lipinski definition) is 1. The van der Waals surface area contributed by atoms with E-state index >= 15 is 0 Å². The zero-order valence-corrected chi connectivity index (χ0v) is 6.27. The van der Waals surface area contributed by atoms with Gasteiger partial charge in [0.05, 0.1) is 0 Å². The molecule has 1 aromatic heterocycles. The Morgan fingerprint density at radius 3 is 1.82 bits per heavy atom. The van der Waals surface area contributed by atoms with Crippen molar-refractivity contribution >= 4 is 10.3 Å². The standard InChI is InChI=1S/C5H5NO3S.H2O/c7-10(8,9)6-4-2-1-3-5-6;/h1-5H;1H2. The van der Waals surface area contributed by atoms with Gasteiger partial charge in [0, 0.05) is 12.1 Å². The highest BCUT2D eigenvalue weighted by atomic mass is 32.2. The molecule has 0 spiro atoms. The zero-order chi connectivity index (χ0) is 7.61. The number of aromatic nitrogens is 1. The molecule has 0 fully saturated rings. The Labute approximate surface area is 64.1 Å². The Bertz CT molecular complexity index is 307. The molecular weight excluding hydrogens is 170 g/mol. The van der Waals surface area contributed by atoms with Gasteiger partial charge in [0.1, 0.15) is 0 Å². The molecule has 0 amide bonds. The average molecular weight is 177 g/mol. The molecular formula is C5H7NO4S. The summed E-state index contributed by atoms with van der Waals surface area (Å²) in [5.41, 5.74) is 0. The van der Waals surface area contributed by atoms with E-state index in [-0.39, 0.29) is 5.48 Å². The highest BCUT2D eigenvalue weighted by Gasteiger charge is 2.14. The van der Waals surface area contributed by atoms with E-state index < -0.39 is 10.3 Å². The fourth-order valence-electron chi connectivity index (χ4n) is 0.537. The minimum atomic E-state index is -4.09. The smallest absolute Gasteiger partial charge is 0.511 e. The molecule has 1 rings (SSSR count). The summed E-state index contributed by atoms with van der Waals surface area (Å²) in [6, 6.07) is 4.67. The van der Waals surface area contributed by atoms with Gasteiger partial charge in [0.15, 0.2) is 12.4 Å². The van der Waals surface area contributed by atoms with Gasteiger partial charge in [-0.25, -0.2) is 4.55 Å². The molecule has 0 radical (unpaired) electrons. The molecule has 5 nitrogen and oxygen atoms in total. The molecule has 0 saturated heterocycles. The van der Waals surface area contributed by atoms with Crippen LogP contribution >= 0.6 is 0 Å². The van der Waals surface area contributed by atoms with Crippen LogP contribution in [0.5, 0.6) is 0 Å². The summed E-state index contributed by atoms with van der Waals surface area (Å²) in [6.07, 6.45) is 2.49. The van der Waals surface area contributed by atoms with Gasteiger partial charge < -0.3 is 5.48 Å². The van der Waals surface area contributed by atoms with Crippen molar-refractivity contribution in [1.29, 1.82) is 0 Å². The summed E-state index contributed by atoms with van der Waals surface area (Å²) in [7, 11) is -4.09. The summed E-state index contributed by atoms with van der Waals surface area (Å²) in [5.74, 6) is 0. The Kier molecular flexibility index (Phi) is 3.12. The van der Waals surface area contributed by atoms with Gasteiger partial charge in [-0.05, 0) is 0 Å². The van der Waals surface area contributed by atoms with E-state index in [0.29, 0.717) is 3.97 Å². The second-order valence-corrected chi connectivity index (χ2v) is 3.00. The lowest BCUT2D eigenvalue weighted by atomic mass is 10.5. The molecule has 1 heterocycles. The minimum absolute atomic E-state index is 0. The highest BCUT2D eigenvalue weighted by molar-refractivity contribution is 7.79. The van der Waals surface area contributed by atoms with Crippen molar-refractivity contribution < 1.29 is 22.4 Å². The van der Waals surface area contributed by atoms with E-state index in [9.17, 15) is 8.42 Å². The normalized spacial score (nSPS) is 10.3. The van der Waals surface area contributed by atoms with Gasteiger partial charge in [-0.2, -0.15) is 0 Å². The lowest BCUT2D eigenvalue weighted by Gasteiger charge is -1.85. The maximum Gasteiger partial charge on any atom is 0.511 e. The Morgan fingerprint density at radius 2 is 1.55 bits per heavy atom. The molecule has 1 aromatic rings. The van der Waals surface area contributed by atoms with Gasteiger partial charge >= 0.3 is 10.3 Å². The predicted octanol–water partition coefficient (Wildman–Crippen LogP) is -0.552. The largest absolute Gasteiger partial charge is 0.870 e. The van der Waals surface area contributed by atoms with Crippen LogP contribution in [0.25, 0.3) is 0 Å². The fourth-order valence-corrected chi connectivity index (χ4v) is 0.985. The number of pyridine rings is 1. The third-order valence-corrected chi connectivity index (χ3v) is 1.73. The van der Waals surface area contributed by atoms with E-state index in [1.54, 1.807) is 6.07 Å². The Hall–Kier alpha value is -0.980. The molecule has 0 bridgehead atoms. The molecule has 0 unspecified atom stereocenters. The molecule has 0 atom stereocenters. The first kappa shape index (κ1) is 10.0. The van der Waals surface area contributed by atoms with Crippen molar-refractivity contribution in [1.82, 2.24) is 0 Å². The van der Waals surface area contributed by atoms with Gasteiger partial charge in [-0.15, -0.1) is 8.42 Å². The molecule has 0 aromatic carbocycles. The third-order valence-electron chi connectivity index (χ3n) is 0.955. The van der Waals surface area contributed by atoms with Crippen molar-refractivity contribution in [2.45, 2.75) is 0 Å². The molecule has 0 aliphatic heterocycles. The summed E-state index contributed by atoms with van der Waals surface area (Å²) in [4.78, 5) is 0. The van der Waals surface area contributed by atoms with E-state index in [1.165, 1.54) is 24.5 Å². The maximum atomic E-state index is 10.4. The number of nitrogens with zero attached hydrogens (tertiary/aromatic N) is 1. The first-order valence-electron chi connectivity index (χ1n) is 2.55. The SMILES string of the molecule is O=S(=O)(O)[n+]1ccccc1.[OH-]. The average Bonchev–Trinajstić information content (AvgIpc) is 1.88. The van der Waals surface area contributed by atoms with Gasteiger partial charge in [0.25, 0.3) is 0 Å². The second-order valence-electron chi connectivity index (χ2n) is 1.68. The van der Waals surface area contributed by atoms with E-state index in [0.717, 1.165) is 0 Å². The Morgan fingerprint density at radius 1 is 1.09 bits per heavy atom. The first-order valence-corrected chi connectivity index (χ1v) is 3.95. The van der Waals surface area contributed by atoms with E-state index in [1.807, 2.05) is 0 Å². The van der Waals surface area contributed by atoms with Crippen molar-refractivity contribution in [2.75, 3.05) is 0 Å². The quantitative estimate of drug-likeness (QED) is 0.460. The van der Waals surface area contributed by atoms with Gasteiger partial charge in [-0.3, -0.25) is 0 Å².